The van der Waals surface area contributed by atoms with Gasteiger partial charge >= 0.3 is 0 Å². The fraction of sp³-hybridized carbons (Fsp3) is 0.647. The first kappa shape index (κ1) is 15.5. The molecule has 1 N–H and O–H groups in total. The largest absolute Gasteiger partial charge is 0.313 e. The fourth-order valence-electron chi connectivity index (χ4n) is 2.78. The molecule has 1 fully saturated rings. The summed E-state index contributed by atoms with van der Waals surface area (Å²) in [5.41, 5.74) is 1.76. The minimum Gasteiger partial charge on any atom is -0.313 e. The van der Waals surface area contributed by atoms with Gasteiger partial charge in [0.25, 0.3) is 0 Å². The second-order valence-corrected chi connectivity index (χ2v) is 6.20. The van der Waals surface area contributed by atoms with Crippen molar-refractivity contribution < 1.29 is 4.39 Å². The highest BCUT2D eigenvalue weighted by molar-refractivity contribution is 5.25. The fourth-order valence-corrected chi connectivity index (χ4v) is 2.78. The van der Waals surface area contributed by atoms with Crippen molar-refractivity contribution in [2.45, 2.75) is 45.2 Å². The topological polar surface area (TPSA) is 15.3 Å². The van der Waals surface area contributed by atoms with Gasteiger partial charge in [-0.25, -0.2) is 4.39 Å². The average Bonchev–Trinajstić information content (AvgIpc) is 3.26. The highest BCUT2D eigenvalue weighted by atomic mass is 19.1. The smallest absolute Gasteiger partial charge is 0.126 e. The van der Waals surface area contributed by atoms with Crippen molar-refractivity contribution in [3.63, 3.8) is 0 Å². The van der Waals surface area contributed by atoms with Crippen LogP contribution in [0.4, 0.5) is 4.39 Å². The lowest BCUT2D eigenvalue weighted by atomic mass is 10.0. The molecule has 0 aliphatic heterocycles. The molecule has 3 heteroatoms. The molecule has 0 radical (unpaired) electrons. The van der Waals surface area contributed by atoms with Crippen molar-refractivity contribution in [1.29, 1.82) is 0 Å². The van der Waals surface area contributed by atoms with E-state index < -0.39 is 0 Å². The molecular formula is C17H27FN2. The molecule has 2 rings (SSSR count). The Morgan fingerprint density at radius 2 is 2.10 bits per heavy atom. The van der Waals surface area contributed by atoms with Crippen LogP contribution in [0.15, 0.2) is 18.2 Å². The van der Waals surface area contributed by atoms with Crippen LogP contribution < -0.4 is 5.32 Å². The zero-order chi connectivity index (χ0) is 14.7. The van der Waals surface area contributed by atoms with Crippen LogP contribution in [0.5, 0.6) is 0 Å². The van der Waals surface area contributed by atoms with Crippen LogP contribution in [0.2, 0.25) is 0 Å². The van der Waals surface area contributed by atoms with Gasteiger partial charge in [-0.15, -0.1) is 0 Å². The third-order valence-electron chi connectivity index (χ3n) is 4.72. The zero-order valence-corrected chi connectivity index (χ0v) is 13.1. The normalized spacial score (nSPS) is 18.3. The molecule has 0 spiro atoms. The van der Waals surface area contributed by atoms with Gasteiger partial charge in [-0.2, -0.15) is 0 Å². The number of rotatable bonds is 7. The first-order valence-corrected chi connectivity index (χ1v) is 7.66. The van der Waals surface area contributed by atoms with Crippen LogP contribution in [0.1, 0.15) is 43.4 Å². The summed E-state index contributed by atoms with van der Waals surface area (Å²) in [6.07, 6.45) is 3.76. The minimum absolute atomic E-state index is 0.109. The molecule has 20 heavy (non-hydrogen) atoms. The predicted octanol–water partition coefficient (Wildman–Crippen LogP) is 3.52. The minimum atomic E-state index is -0.109. The molecule has 1 aromatic carbocycles. The van der Waals surface area contributed by atoms with E-state index in [2.05, 4.69) is 24.2 Å². The number of nitrogens with one attached hydrogen (secondary N) is 1. The van der Waals surface area contributed by atoms with Crippen molar-refractivity contribution in [3.05, 3.63) is 35.1 Å². The van der Waals surface area contributed by atoms with Crippen LogP contribution in [0.3, 0.4) is 0 Å². The average molecular weight is 278 g/mol. The van der Waals surface area contributed by atoms with Gasteiger partial charge in [0, 0.05) is 12.1 Å². The van der Waals surface area contributed by atoms with E-state index in [1.54, 1.807) is 13.0 Å². The Balaban J connectivity index is 1.92. The van der Waals surface area contributed by atoms with Gasteiger partial charge in [-0.1, -0.05) is 12.1 Å². The molecule has 1 aromatic rings. The van der Waals surface area contributed by atoms with Crippen molar-refractivity contribution in [2.24, 2.45) is 5.92 Å². The number of hydrogen-bond acceptors (Lipinski definition) is 2. The van der Waals surface area contributed by atoms with Crippen LogP contribution in [0.25, 0.3) is 0 Å². The summed E-state index contributed by atoms with van der Waals surface area (Å²) in [6.45, 7) is 5.16. The molecule has 1 saturated carbocycles. The summed E-state index contributed by atoms with van der Waals surface area (Å²) in [4.78, 5) is 2.44. The molecule has 112 valence electrons. The SMILES string of the molecule is CNC(CCN(C)C(C)C1CC1)c1ccc(C)c(F)c1. The molecule has 1 aliphatic rings. The third-order valence-corrected chi connectivity index (χ3v) is 4.72. The van der Waals surface area contributed by atoms with Crippen molar-refractivity contribution in [3.8, 4) is 0 Å². The molecule has 2 atom stereocenters. The highest BCUT2D eigenvalue weighted by Crippen LogP contribution is 2.34. The maximum absolute atomic E-state index is 13.7. The summed E-state index contributed by atoms with van der Waals surface area (Å²) in [6, 6.07) is 6.46. The Kier molecular flexibility index (Phi) is 5.17. The van der Waals surface area contributed by atoms with Crippen molar-refractivity contribution in [1.82, 2.24) is 10.2 Å². The number of benzene rings is 1. The number of aryl methyl sites for hydroxylation is 1. The van der Waals surface area contributed by atoms with E-state index in [0.717, 1.165) is 24.4 Å². The lowest BCUT2D eigenvalue weighted by Gasteiger charge is -2.27. The van der Waals surface area contributed by atoms with Gasteiger partial charge in [-0.05, 0) is 76.9 Å². The van der Waals surface area contributed by atoms with Gasteiger partial charge in [0.05, 0.1) is 0 Å². The lowest BCUT2D eigenvalue weighted by Crippen LogP contribution is -2.33. The summed E-state index contributed by atoms with van der Waals surface area (Å²) in [5.74, 6) is 0.785. The van der Waals surface area contributed by atoms with Gasteiger partial charge in [0.15, 0.2) is 0 Å². The summed E-state index contributed by atoms with van der Waals surface area (Å²) in [5, 5.41) is 3.31. The Morgan fingerprint density at radius 1 is 1.40 bits per heavy atom. The molecule has 0 amide bonds. The Morgan fingerprint density at radius 3 is 2.65 bits per heavy atom. The zero-order valence-electron chi connectivity index (χ0n) is 13.1. The molecule has 1 aliphatic carbocycles. The maximum atomic E-state index is 13.7. The first-order chi connectivity index (χ1) is 9.52. The Bertz CT molecular complexity index is 443. The standard InChI is InChI=1S/C17H27FN2/c1-12-5-6-15(11-16(12)18)17(19-3)9-10-20(4)13(2)14-7-8-14/h5-6,11,13-14,17,19H,7-10H2,1-4H3. The predicted molar refractivity (Wildman–Crippen MR) is 82.4 cm³/mol. The van der Waals surface area contributed by atoms with E-state index in [1.165, 1.54) is 12.8 Å². The summed E-state index contributed by atoms with van der Waals surface area (Å²) in [7, 11) is 4.15. The second kappa shape index (κ2) is 6.68. The van der Waals surface area contributed by atoms with E-state index in [0.29, 0.717) is 11.6 Å². The van der Waals surface area contributed by atoms with Crippen LogP contribution in [0, 0.1) is 18.7 Å². The quantitative estimate of drug-likeness (QED) is 0.821. The van der Waals surface area contributed by atoms with Gasteiger partial charge in [-0.3, -0.25) is 0 Å². The molecule has 0 bridgehead atoms. The van der Waals surface area contributed by atoms with E-state index >= 15 is 0 Å². The number of hydrogen-bond donors (Lipinski definition) is 1. The molecule has 0 saturated heterocycles. The van der Waals surface area contributed by atoms with Gasteiger partial charge in [0.1, 0.15) is 5.82 Å². The first-order valence-electron chi connectivity index (χ1n) is 7.66. The lowest BCUT2D eigenvalue weighted by molar-refractivity contribution is 0.223. The monoisotopic (exact) mass is 278 g/mol. The van der Waals surface area contributed by atoms with E-state index in [-0.39, 0.29) is 11.9 Å². The van der Waals surface area contributed by atoms with Crippen molar-refractivity contribution in [2.75, 3.05) is 20.6 Å². The van der Waals surface area contributed by atoms with Gasteiger partial charge in [0.2, 0.25) is 0 Å². The Hall–Kier alpha value is -0.930. The highest BCUT2D eigenvalue weighted by Gasteiger charge is 2.30. The van der Waals surface area contributed by atoms with Crippen LogP contribution in [-0.2, 0) is 0 Å². The molecule has 0 aromatic heterocycles. The maximum Gasteiger partial charge on any atom is 0.126 e. The van der Waals surface area contributed by atoms with Gasteiger partial charge < -0.3 is 10.2 Å². The molecular weight excluding hydrogens is 251 g/mol. The van der Waals surface area contributed by atoms with E-state index in [9.17, 15) is 4.39 Å². The van der Waals surface area contributed by atoms with E-state index in [4.69, 9.17) is 0 Å². The molecule has 2 nitrogen and oxygen atoms in total. The Labute approximate surface area is 122 Å². The van der Waals surface area contributed by atoms with E-state index in [1.807, 2.05) is 19.2 Å². The molecule has 2 unspecified atom stereocenters. The van der Waals surface area contributed by atoms with Crippen LogP contribution in [-0.4, -0.2) is 31.6 Å². The number of nitrogens with zero attached hydrogens (tertiary/aromatic N) is 1. The molecule has 0 heterocycles. The summed E-state index contributed by atoms with van der Waals surface area (Å²) >= 11 is 0. The summed E-state index contributed by atoms with van der Waals surface area (Å²) < 4.78 is 13.7. The van der Waals surface area contributed by atoms with Crippen molar-refractivity contribution >= 4 is 0 Å². The second-order valence-electron chi connectivity index (χ2n) is 6.20. The van der Waals surface area contributed by atoms with Crippen LogP contribution >= 0.6 is 0 Å². The third kappa shape index (κ3) is 3.80. The number of halogens is 1.